The van der Waals surface area contributed by atoms with Gasteiger partial charge in [0, 0.05) is 30.4 Å². The second kappa shape index (κ2) is 8.79. The third-order valence-corrected chi connectivity index (χ3v) is 7.42. The molecular weight excluding hydrogens is 417 g/mol. The van der Waals surface area contributed by atoms with Gasteiger partial charge in [0.25, 0.3) is 0 Å². The normalized spacial score (nSPS) is 22.3. The molecule has 1 fully saturated rings. The van der Waals surface area contributed by atoms with Gasteiger partial charge in [-0.2, -0.15) is 11.8 Å². The molecular formula is C14H22IN3OS2. The van der Waals surface area contributed by atoms with E-state index >= 15 is 0 Å². The molecule has 1 aromatic rings. The molecule has 2 heterocycles. The molecule has 2 atom stereocenters. The summed E-state index contributed by atoms with van der Waals surface area (Å²) in [5, 5.41) is 4.35. The van der Waals surface area contributed by atoms with Crippen molar-refractivity contribution in [1.82, 2.24) is 9.97 Å². The Morgan fingerprint density at radius 3 is 2.76 bits per heavy atom. The van der Waals surface area contributed by atoms with Crippen molar-refractivity contribution >= 4 is 51.9 Å². The summed E-state index contributed by atoms with van der Waals surface area (Å²) in [6, 6.07) is 0. The second-order valence-corrected chi connectivity index (χ2v) is 8.73. The monoisotopic (exact) mass is 439 g/mol. The highest BCUT2D eigenvalue weighted by Crippen LogP contribution is 2.41. The fraction of sp³-hybridized carbons (Fsp3) is 0.714. The molecule has 1 N–H and O–H groups in total. The highest BCUT2D eigenvalue weighted by atomic mass is 127. The van der Waals surface area contributed by atoms with Crippen LogP contribution in [0.4, 0.5) is 5.82 Å². The smallest absolute Gasteiger partial charge is 0.145 e. The predicted molar refractivity (Wildman–Crippen MR) is 101 cm³/mol. The summed E-state index contributed by atoms with van der Waals surface area (Å²) in [7, 11) is 1.71. The Morgan fingerprint density at radius 1 is 1.33 bits per heavy atom. The van der Waals surface area contributed by atoms with Crippen molar-refractivity contribution in [3.05, 3.63) is 15.1 Å². The molecule has 0 bridgehead atoms. The second-order valence-electron chi connectivity index (χ2n) is 4.92. The Labute approximate surface area is 149 Å². The Morgan fingerprint density at radius 2 is 2.10 bits per heavy atom. The molecule has 4 nitrogen and oxygen atoms in total. The lowest BCUT2D eigenvalue weighted by Crippen LogP contribution is -2.20. The van der Waals surface area contributed by atoms with Crippen LogP contribution in [0.25, 0.3) is 0 Å². The van der Waals surface area contributed by atoms with Crippen LogP contribution in [-0.2, 0) is 11.3 Å². The van der Waals surface area contributed by atoms with E-state index in [0.717, 1.165) is 33.9 Å². The van der Waals surface area contributed by atoms with E-state index in [1.54, 1.807) is 7.11 Å². The maximum atomic E-state index is 5.30. The van der Waals surface area contributed by atoms with Gasteiger partial charge in [-0.1, -0.05) is 13.8 Å². The van der Waals surface area contributed by atoms with Crippen LogP contribution in [0.3, 0.4) is 0 Å². The number of methoxy groups -OCH3 is 1. The van der Waals surface area contributed by atoms with Crippen LogP contribution in [0.1, 0.15) is 37.0 Å². The zero-order chi connectivity index (χ0) is 15.2. The Kier molecular flexibility index (Phi) is 7.37. The van der Waals surface area contributed by atoms with Crippen LogP contribution in [-0.4, -0.2) is 40.4 Å². The van der Waals surface area contributed by atoms with Gasteiger partial charge < -0.3 is 10.1 Å². The molecule has 0 aliphatic carbocycles. The van der Waals surface area contributed by atoms with Gasteiger partial charge in [0.05, 0.1) is 21.1 Å². The van der Waals surface area contributed by atoms with Gasteiger partial charge in [0.2, 0.25) is 0 Å². The van der Waals surface area contributed by atoms with E-state index in [9.17, 15) is 0 Å². The fourth-order valence-corrected chi connectivity index (χ4v) is 5.43. The minimum Gasteiger partial charge on any atom is -0.378 e. The minimum absolute atomic E-state index is 0.374. The van der Waals surface area contributed by atoms with Crippen molar-refractivity contribution in [2.45, 2.75) is 37.4 Å². The zero-order valence-electron chi connectivity index (χ0n) is 12.7. The summed E-state index contributed by atoms with van der Waals surface area (Å²) in [5.41, 5.74) is 0.991. The molecule has 0 saturated carbocycles. The van der Waals surface area contributed by atoms with Crippen LogP contribution >= 0.6 is 46.1 Å². The SMILES string of the molecule is CCCNc1nc(C2SCCSC2C)nc(COC)c1I. The molecule has 118 valence electrons. The Bertz CT molecular complexity index is 476. The topological polar surface area (TPSA) is 47.0 Å². The quantitative estimate of drug-likeness (QED) is 0.678. The molecule has 1 aliphatic rings. The summed E-state index contributed by atoms with van der Waals surface area (Å²) in [4.78, 5) is 9.59. The van der Waals surface area contributed by atoms with E-state index < -0.39 is 0 Å². The van der Waals surface area contributed by atoms with Gasteiger partial charge in [0.1, 0.15) is 11.6 Å². The summed E-state index contributed by atoms with van der Waals surface area (Å²) < 4.78 is 6.38. The van der Waals surface area contributed by atoms with Crippen LogP contribution in [0, 0.1) is 3.57 Å². The average Bonchev–Trinajstić information content (AvgIpc) is 2.49. The lowest BCUT2D eigenvalue weighted by atomic mass is 10.3. The summed E-state index contributed by atoms with van der Waals surface area (Å²) in [6.07, 6.45) is 1.08. The van der Waals surface area contributed by atoms with E-state index in [1.165, 1.54) is 11.5 Å². The first-order valence-electron chi connectivity index (χ1n) is 7.19. The Hall–Kier alpha value is 0.270. The van der Waals surface area contributed by atoms with E-state index in [-0.39, 0.29) is 0 Å². The molecule has 2 unspecified atom stereocenters. The lowest BCUT2D eigenvalue weighted by molar-refractivity contribution is 0.180. The Balaban J connectivity index is 2.32. The molecule has 0 radical (unpaired) electrons. The molecule has 0 amide bonds. The van der Waals surface area contributed by atoms with Gasteiger partial charge >= 0.3 is 0 Å². The number of nitrogens with zero attached hydrogens (tertiary/aromatic N) is 2. The van der Waals surface area contributed by atoms with Gasteiger partial charge in [-0.3, -0.25) is 0 Å². The minimum atomic E-state index is 0.374. The number of rotatable bonds is 6. The van der Waals surface area contributed by atoms with Crippen molar-refractivity contribution in [3.63, 3.8) is 0 Å². The van der Waals surface area contributed by atoms with Gasteiger partial charge in [-0.05, 0) is 29.0 Å². The van der Waals surface area contributed by atoms with E-state index in [2.05, 4.69) is 41.8 Å². The van der Waals surface area contributed by atoms with Gasteiger partial charge in [0.15, 0.2) is 0 Å². The average molecular weight is 439 g/mol. The molecule has 2 rings (SSSR count). The highest BCUT2D eigenvalue weighted by molar-refractivity contribution is 14.1. The first-order valence-corrected chi connectivity index (χ1v) is 10.4. The number of ether oxygens (including phenoxy) is 1. The molecule has 1 aromatic heterocycles. The fourth-order valence-electron chi connectivity index (χ4n) is 2.15. The molecule has 0 aromatic carbocycles. The van der Waals surface area contributed by atoms with Crippen LogP contribution in [0.2, 0.25) is 0 Å². The highest BCUT2D eigenvalue weighted by Gasteiger charge is 2.28. The molecule has 1 saturated heterocycles. The first kappa shape index (κ1) is 17.6. The summed E-state index contributed by atoms with van der Waals surface area (Å²) in [5.74, 6) is 4.30. The standard InChI is InChI=1S/C14H22IN3OS2/c1-4-5-16-13-11(15)10(8-19-3)17-14(18-13)12-9(2)20-6-7-21-12/h9,12H,4-8H2,1-3H3,(H,16,17,18). The first-order chi connectivity index (χ1) is 10.2. The maximum absolute atomic E-state index is 5.30. The van der Waals surface area contributed by atoms with E-state index in [4.69, 9.17) is 14.7 Å². The van der Waals surface area contributed by atoms with Crippen molar-refractivity contribution in [2.24, 2.45) is 0 Å². The van der Waals surface area contributed by atoms with Gasteiger partial charge in [-0.25, -0.2) is 9.97 Å². The number of nitrogens with one attached hydrogen (secondary N) is 1. The number of anilines is 1. The molecule has 0 spiro atoms. The molecule has 21 heavy (non-hydrogen) atoms. The third kappa shape index (κ3) is 4.62. The number of aromatic nitrogens is 2. The maximum Gasteiger partial charge on any atom is 0.145 e. The predicted octanol–water partition coefficient (Wildman–Crippen LogP) is 3.96. The van der Waals surface area contributed by atoms with Crippen molar-refractivity contribution < 1.29 is 4.74 Å². The molecule has 7 heteroatoms. The number of hydrogen-bond donors (Lipinski definition) is 1. The third-order valence-electron chi connectivity index (χ3n) is 3.20. The lowest BCUT2D eigenvalue weighted by Gasteiger charge is -2.27. The van der Waals surface area contributed by atoms with Gasteiger partial charge in [-0.15, -0.1) is 11.8 Å². The van der Waals surface area contributed by atoms with Crippen molar-refractivity contribution in [2.75, 3.05) is 30.5 Å². The van der Waals surface area contributed by atoms with E-state index in [0.29, 0.717) is 17.1 Å². The number of thioether (sulfide) groups is 2. The summed E-state index contributed by atoms with van der Waals surface area (Å²) >= 11 is 6.30. The van der Waals surface area contributed by atoms with Crippen molar-refractivity contribution in [3.8, 4) is 0 Å². The van der Waals surface area contributed by atoms with Crippen LogP contribution in [0.5, 0.6) is 0 Å². The number of halogens is 1. The number of hydrogen-bond acceptors (Lipinski definition) is 6. The van der Waals surface area contributed by atoms with Crippen molar-refractivity contribution in [1.29, 1.82) is 0 Å². The van der Waals surface area contributed by atoms with Crippen LogP contribution < -0.4 is 5.32 Å². The summed E-state index contributed by atoms with van der Waals surface area (Å²) in [6.45, 7) is 5.90. The van der Waals surface area contributed by atoms with E-state index in [1.807, 2.05) is 23.5 Å². The van der Waals surface area contributed by atoms with Crippen LogP contribution in [0.15, 0.2) is 0 Å². The molecule has 1 aliphatic heterocycles. The largest absolute Gasteiger partial charge is 0.378 e. The zero-order valence-corrected chi connectivity index (χ0v) is 16.5.